The highest BCUT2D eigenvalue weighted by Gasteiger charge is 2.39. The fourth-order valence-electron chi connectivity index (χ4n) is 3.80. The largest absolute Gasteiger partial charge is 0.437 e. The number of hydrogen-bond acceptors (Lipinski definition) is 7. The van der Waals surface area contributed by atoms with Crippen LogP contribution in [0.2, 0.25) is 0 Å². The Hall–Kier alpha value is -2.25. The SMILES string of the molecule is Cc1ncccc1Oc1ncnc(N[C@H]2CCOC3(CCOCC3)C2)c1C. The van der Waals surface area contributed by atoms with Gasteiger partial charge < -0.3 is 19.5 Å². The van der Waals surface area contributed by atoms with Crippen LogP contribution in [-0.4, -0.2) is 46.4 Å². The quantitative estimate of drug-likeness (QED) is 0.883. The molecule has 0 aliphatic carbocycles. The number of aryl methyl sites for hydroxylation is 1. The minimum absolute atomic E-state index is 0.0543. The number of rotatable bonds is 4. The van der Waals surface area contributed by atoms with Gasteiger partial charge in [-0.2, -0.15) is 0 Å². The maximum atomic E-state index is 6.14. The summed E-state index contributed by atoms with van der Waals surface area (Å²) in [4.78, 5) is 13.0. The van der Waals surface area contributed by atoms with Gasteiger partial charge in [-0.05, 0) is 51.7 Å². The first-order chi connectivity index (χ1) is 13.2. The third-order valence-corrected chi connectivity index (χ3v) is 5.44. The molecule has 0 aromatic carbocycles. The molecule has 0 unspecified atom stereocenters. The molecular formula is C20H26N4O3. The van der Waals surface area contributed by atoms with Crippen molar-refractivity contribution in [2.75, 3.05) is 25.1 Å². The molecule has 4 heterocycles. The fourth-order valence-corrected chi connectivity index (χ4v) is 3.80. The van der Waals surface area contributed by atoms with Gasteiger partial charge in [-0.3, -0.25) is 4.98 Å². The standard InChI is InChI=1S/C20H26N4O3/c1-14-18(22-13-23-19(14)27-17-4-3-8-21-15(17)2)24-16-5-9-26-20(12-16)6-10-25-11-7-20/h3-4,8,13,16H,5-7,9-12H2,1-2H3,(H,22,23,24)/t16-/m0/s1. The summed E-state index contributed by atoms with van der Waals surface area (Å²) in [6, 6.07) is 4.07. The van der Waals surface area contributed by atoms with E-state index in [2.05, 4.69) is 20.3 Å². The van der Waals surface area contributed by atoms with E-state index in [1.165, 1.54) is 0 Å². The zero-order chi connectivity index (χ0) is 18.7. The zero-order valence-electron chi connectivity index (χ0n) is 15.9. The molecule has 1 spiro atoms. The van der Waals surface area contributed by atoms with E-state index in [0.717, 1.165) is 62.6 Å². The smallest absolute Gasteiger partial charge is 0.227 e. The molecule has 0 bridgehead atoms. The van der Waals surface area contributed by atoms with Crippen LogP contribution in [0, 0.1) is 13.8 Å². The molecule has 0 radical (unpaired) electrons. The van der Waals surface area contributed by atoms with Gasteiger partial charge in [-0.1, -0.05) is 0 Å². The Kier molecular flexibility index (Phi) is 5.22. The third kappa shape index (κ3) is 4.04. The summed E-state index contributed by atoms with van der Waals surface area (Å²) < 4.78 is 17.6. The second-order valence-electron chi connectivity index (χ2n) is 7.32. The van der Waals surface area contributed by atoms with Crippen LogP contribution in [0.3, 0.4) is 0 Å². The number of nitrogens with one attached hydrogen (secondary N) is 1. The first-order valence-corrected chi connectivity index (χ1v) is 9.54. The Morgan fingerprint density at radius 2 is 2.00 bits per heavy atom. The summed E-state index contributed by atoms with van der Waals surface area (Å²) in [6.07, 6.45) is 7.14. The van der Waals surface area contributed by atoms with Crippen molar-refractivity contribution in [3.05, 3.63) is 35.9 Å². The number of aromatic nitrogens is 3. The molecule has 2 aromatic rings. The summed E-state index contributed by atoms with van der Waals surface area (Å²) in [5.74, 6) is 2.07. The summed E-state index contributed by atoms with van der Waals surface area (Å²) in [5.41, 5.74) is 1.67. The van der Waals surface area contributed by atoms with Crippen molar-refractivity contribution in [2.45, 2.75) is 51.2 Å². The minimum atomic E-state index is -0.0543. The average molecular weight is 370 g/mol. The summed E-state index contributed by atoms with van der Waals surface area (Å²) in [7, 11) is 0. The van der Waals surface area contributed by atoms with Crippen LogP contribution >= 0.6 is 0 Å². The van der Waals surface area contributed by atoms with Gasteiger partial charge in [0.1, 0.15) is 12.1 Å². The Bertz CT molecular complexity index is 787. The lowest BCUT2D eigenvalue weighted by Crippen LogP contribution is -2.48. The predicted molar refractivity (Wildman–Crippen MR) is 101 cm³/mol. The topological polar surface area (TPSA) is 78.4 Å². The highest BCUT2D eigenvalue weighted by molar-refractivity contribution is 5.49. The molecule has 2 aromatic heterocycles. The Balaban J connectivity index is 1.48. The number of pyridine rings is 1. The van der Waals surface area contributed by atoms with E-state index in [1.807, 2.05) is 26.0 Å². The van der Waals surface area contributed by atoms with E-state index in [0.29, 0.717) is 17.7 Å². The van der Waals surface area contributed by atoms with Gasteiger partial charge in [-0.25, -0.2) is 9.97 Å². The van der Waals surface area contributed by atoms with Crippen LogP contribution in [0.5, 0.6) is 11.6 Å². The van der Waals surface area contributed by atoms with Crippen molar-refractivity contribution < 1.29 is 14.2 Å². The Labute approximate surface area is 159 Å². The lowest BCUT2D eigenvalue weighted by atomic mass is 9.84. The summed E-state index contributed by atoms with van der Waals surface area (Å²) >= 11 is 0. The normalized spacial score (nSPS) is 21.8. The summed E-state index contributed by atoms with van der Waals surface area (Å²) in [6.45, 7) is 6.22. The summed E-state index contributed by atoms with van der Waals surface area (Å²) in [5, 5.41) is 3.59. The first-order valence-electron chi connectivity index (χ1n) is 9.54. The van der Waals surface area contributed by atoms with Crippen molar-refractivity contribution in [3.8, 4) is 11.6 Å². The van der Waals surface area contributed by atoms with Gasteiger partial charge in [0.15, 0.2) is 5.75 Å². The fraction of sp³-hybridized carbons (Fsp3) is 0.550. The second-order valence-corrected chi connectivity index (χ2v) is 7.32. The maximum Gasteiger partial charge on any atom is 0.227 e. The minimum Gasteiger partial charge on any atom is -0.437 e. The molecule has 7 heteroatoms. The average Bonchev–Trinajstić information content (AvgIpc) is 2.67. The van der Waals surface area contributed by atoms with Crippen molar-refractivity contribution >= 4 is 5.82 Å². The van der Waals surface area contributed by atoms with Crippen LogP contribution in [-0.2, 0) is 9.47 Å². The molecule has 2 aliphatic rings. The number of hydrogen-bond donors (Lipinski definition) is 1. The van der Waals surface area contributed by atoms with Gasteiger partial charge in [0.2, 0.25) is 5.88 Å². The van der Waals surface area contributed by atoms with E-state index in [9.17, 15) is 0 Å². The Morgan fingerprint density at radius 1 is 1.15 bits per heavy atom. The molecule has 1 N–H and O–H groups in total. The van der Waals surface area contributed by atoms with Gasteiger partial charge >= 0.3 is 0 Å². The van der Waals surface area contributed by atoms with E-state index in [-0.39, 0.29) is 5.60 Å². The zero-order valence-corrected chi connectivity index (χ0v) is 15.9. The molecule has 4 rings (SSSR count). The van der Waals surface area contributed by atoms with E-state index in [4.69, 9.17) is 14.2 Å². The highest BCUT2D eigenvalue weighted by Crippen LogP contribution is 2.36. The van der Waals surface area contributed by atoms with E-state index >= 15 is 0 Å². The molecular weight excluding hydrogens is 344 g/mol. The number of nitrogens with zero attached hydrogens (tertiary/aromatic N) is 3. The van der Waals surface area contributed by atoms with Gasteiger partial charge in [0.05, 0.1) is 16.9 Å². The van der Waals surface area contributed by atoms with Crippen LogP contribution in [0.4, 0.5) is 5.82 Å². The second kappa shape index (κ2) is 7.78. The van der Waals surface area contributed by atoms with Crippen LogP contribution in [0.15, 0.2) is 24.7 Å². The van der Waals surface area contributed by atoms with Crippen LogP contribution in [0.1, 0.15) is 36.9 Å². The lowest BCUT2D eigenvalue weighted by Gasteiger charge is -2.43. The van der Waals surface area contributed by atoms with Crippen molar-refractivity contribution in [3.63, 3.8) is 0 Å². The Morgan fingerprint density at radius 3 is 2.81 bits per heavy atom. The lowest BCUT2D eigenvalue weighted by molar-refractivity contribution is -0.135. The molecule has 0 amide bonds. The first kappa shape index (κ1) is 18.1. The highest BCUT2D eigenvalue weighted by atomic mass is 16.5. The van der Waals surface area contributed by atoms with Crippen molar-refractivity contribution in [1.29, 1.82) is 0 Å². The van der Waals surface area contributed by atoms with Crippen molar-refractivity contribution in [2.24, 2.45) is 0 Å². The van der Waals surface area contributed by atoms with Crippen LogP contribution < -0.4 is 10.1 Å². The molecule has 7 nitrogen and oxygen atoms in total. The molecule has 27 heavy (non-hydrogen) atoms. The molecule has 2 fully saturated rings. The number of ether oxygens (including phenoxy) is 3. The predicted octanol–water partition coefficient (Wildman–Crippen LogP) is 3.42. The monoisotopic (exact) mass is 370 g/mol. The molecule has 2 aliphatic heterocycles. The third-order valence-electron chi connectivity index (χ3n) is 5.44. The molecule has 2 saturated heterocycles. The molecule has 0 saturated carbocycles. The van der Waals surface area contributed by atoms with Crippen molar-refractivity contribution in [1.82, 2.24) is 15.0 Å². The van der Waals surface area contributed by atoms with Gasteiger partial charge in [0, 0.05) is 32.1 Å². The molecule has 1 atom stereocenters. The number of anilines is 1. The maximum absolute atomic E-state index is 6.14. The van der Waals surface area contributed by atoms with E-state index in [1.54, 1.807) is 12.5 Å². The van der Waals surface area contributed by atoms with Gasteiger partial charge in [-0.15, -0.1) is 0 Å². The molecule has 144 valence electrons. The van der Waals surface area contributed by atoms with E-state index < -0.39 is 0 Å². The van der Waals surface area contributed by atoms with Crippen LogP contribution in [0.25, 0.3) is 0 Å². The van der Waals surface area contributed by atoms with Gasteiger partial charge in [0.25, 0.3) is 0 Å².